The van der Waals surface area contributed by atoms with Gasteiger partial charge < -0.3 is 5.11 Å². The molecule has 0 amide bonds. The quantitative estimate of drug-likeness (QED) is 0.811. The smallest absolute Gasteiger partial charge is 0.0623 e. The molecular formula is C9H11BrOS. The fraction of sp³-hybridized carbons (Fsp3) is 0.333. The number of aliphatic hydroxyl groups is 1. The maximum Gasteiger partial charge on any atom is 0.0623 e. The van der Waals surface area contributed by atoms with Gasteiger partial charge in [-0.1, -0.05) is 6.08 Å². The zero-order chi connectivity index (χ0) is 8.97. The number of hydrogen-bond donors (Lipinski definition) is 1. The summed E-state index contributed by atoms with van der Waals surface area (Å²) in [6, 6.07) is 2.00. The Bertz CT molecular complexity index is 257. The van der Waals surface area contributed by atoms with Crippen molar-refractivity contribution in [3.63, 3.8) is 0 Å². The Hall–Kier alpha value is -0.120. The predicted molar refractivity (Wildman–Crippen MR) is 56.5 cm³/mol. The molecule has 1 nitrogen and oxygen atoms in total. The van der Waals surface area contributed by atoms with Crippen molar-refractivity contribution in [2.24, 2.45) is 0 Å². The monoisotopic (exact) mass is 246 g/mol. The average Bonchev–Trinajstić information content (AvgIpc) is 2.37. The first-order valence-corrected chi connectivity index (χ1v) is 5.42. The molecule has 66 valence electrons. The number of aliphatic hydroxyl groups excluding tert-OH is 1. The minimum atomic E-state index is -0.294. The van der Waals surface area contributed by atoms with E-state index in [4.69, 9.17) is 0 Å². The van der Waals surface area contributed by atoms with Crippen LogP contribution in [0.2, 0.25) is 0 Å². The van der Waals surface area contributed by atoms with Crippen LogP contribution in [0, 0.1) is 0 Å². The molecule has 1 aromatic rings. The largest absolute Gasteiger partial charge is 0.392 e. The van der Waals surface area contributed by atoms with E-state index >= 15 is 0 Å². The van der Waals surface area contributed by atoms with Crippen molar-refractivity contribution in [3.8, 4) is 0 Å². The van der Waals surface area contributed by atoms with Crippen LogP contribution in [-0.4, -0.2) is 11.2 Å². The zero-order valence-corrected chi connectivity index (χ0v) is 9.07. The minimum Gasteiger partial charge on any atom is -0.392 e. The van der Waals surface area contributed by atoms with Crippen LogP contribution in [0.15, 0.2) is 28.6 Å². The maximum atomic E-state index is 9.46. The second-order valence-corrected chi connectivity index (χ2v) is 4.43. The molecule has 1 rings (SSSR count). The van der Waals surface area contributed by atoms with Crippen LogP contribution in [0.4, 0.5) is 0 Å². The van der Waals surface area contributed by atoms with Gasteiger partial charge in [-0.2, -0.15) is 0 Å². The topological polar surface area (TPSA) is 20.2 Å². The molecule has 0 saturated heterocycles. The molecule has 0 saturated carbocycles. The SMILES string of the molecule is C=CCC(O)Cc1sccc1Br. The van der Waals surface area contributed by atoms with Crippen LogP contribution < -0.4 is 0 Å². The number of rotatable bonds is 4. The van der Waals surface area contributed by atoms with Crippen molar-refractivity contribution in [2.75, 3.05) is 0 Å². The van der Waals surface area contributed by atoms with Crippen LogP contribution in [-0.2, 0) is 6.42 Å². The van der Waals surface area contributed by atoms with Gasteiger partial charge in [-0.25, -0.2) is 0 Å². The standard InChI is InChI=1S/C9H11BrOS/c1-2-3-7(11)6-9-8(10)4-5-12-9/h2,4-5,7,11H,1,3,6H2. The van der Waals surface area contributed by atoms with Gasteiger partial charge in [-0.3, -0.25) is 0 Å². The lowest BCUT2D eigenvalue weighted by atomic mass is 10.1. The predicted octanol–water partition coefficient (Wildman–Crippen LogP) is 2.99. The second kappa shape index (κ2) is 4.80. The lowest BCUT2D eigenvalue weighted by Gasteiger charge is -2.05. The third kappa shape index (κ3) is 2.73. The van der Waals surface area contributed by atoms with Crippen molar-refractivity contribution in [2.45, 2.75) is 18.9 Å². The van der Waals surface area contributed by atoms with E-state index in [0.717, 1.165) is 4.47 Å². The van der Waals surface area contributed by atoms with Gasteiger partial charge in [0.25, 0.3) is 0 Å². The fourth-order valence-corrected chi connectivity index (χ4v) is 2.55. The summed E-state index contributed by atoms with van der Waals surface area (Å²) >= 11 is 5.08. The van der Waals surface area contributed by atoms with Crippen molar-refractivity contribution in [1.29, 1.82) is 0 Å². The lowest BCUT2D eigenvalue weighted by Crippen LogP contribution is -2.07. The molecule has 0 aliphatic heterocycles. The van der Waals surface area contributed by atoms with E-state index in [1.54, 1.807) is 17.4 Å². The Kier molecular flexibility index (Phi) is 3.98. The summed E-state index contributed by atoms with van der Waals surface area (Å²) in [5, 5.41) is 11.5. The number of halogens is 1. The van der Waals surface area contributed by atoms with Crippen LogP contribution in [0.1, 0.15) is 11.3 Å². The highest BCUT2D eigenvalue weighted by Gasteiger charge is 2.07. The molecule has 12 heavy (non-hydrogen) atoms. The first-order valence-electron chi connectivity index (χ1n) is 3.75. The highest BCUT2D eigenvalue weighted by atomic mass is 79.9. The summed E-state index contributed by atoms with van der Waals surface area (Å²) < 4.78 is 1.09. The van der Waals surface area contributed by atoms with Gasteiger partial charge in [-0.15, -0.1) is 17.9 Å². The molecule has 1 N–H and O–H groups in total. The molecule has 1 aromatic heterocycles. The molecule has 1 unspecified atom stereocenters. The molecule has 0 bridgehead atoms. The first kappa shape index (κ1) is 9.96. The van der Waals surface area contributed by atoms with Gasteiger partial charge in [0.1, 0.15) is 0 Å². The van der Waals surface area contributed by atoms with Crippen molar-refractivity contribution in [3.05, 3.63) is 33.5 Å². The molecule has 1 heterocycles. The molecule has 0 aliphatic rings. The van der Waals surface area contributed by atoms with Crippen LogP contribution in [0.3, 0.4) is 0 Å². The van der Waals surface area contributed by atoms with Crippen molar-refractivity contribution in [1.82, 2.24) is 0 Å². The van der Waals surface area contributed by atoms with Crippen LogP contribution in [0.25, 0.3) is 0 Å². The van der Waals surface area contributed by atoms with E-state index in [-0.39, 0.29) is 6.10 Å². The van der Waals surface area contributed by atoms with Gasteiger partial charge in [0.2, 0.25) is 0 Å². The zero-order valence-electron chi connectivity index (χ0n) is 6.66. The highest BCUT2D eigenvalue weighted by molar-refractivity contribution is 9.10. The minimum absolute atomic E-state index is 0.294. The second-order valence-electron chi connectivity index (χ2n) is 2.57. The number of thiophene rings is 1. The van der Waals surface area contributed by atoms with Crippen LogP contribution >= 0.6 is 27.3 Å². The van der Waals surface area contributed by atoms with E-state index in [1.807, 2.05) is 11.4 Å². The van der Waals surface area contributed by atoms with E-state index < -0.39 is 0 Å². The highest BCUT2D eigenvalue weighted by Crippen LogP contribution is 2.24. The maximum absolute atomic E-state index is 9.46. The lowest BCUT2D eigenvalue weighted by molar-refractivity contribution is 0.179. The van der Waals surface area contributed by atoms with E-state index in [2.05, 4.69) is 22.5 Å². The summed E-state index contributed by atoms with van der Waals surface area (Å²) in [5.74, 6) is 0. The molecule has 0 aliphatic carbocycles. The van der Waals surface area contributed by atoms with Crippen molar-refractivity contribution >= 4 is 27.3 Å². The first-order chi connectivity index (χ1) is 5.74. The summed E-state index contributed by atoms with van der Waals surface area (Å²) in [6.45, 7) is 3.58. The van der Waals surface area contributed by atoms with Gasteiger partial charge in [0, 0.05) is 15.8 Å². The van der Waals surface area contributed by atoms with Crippen molar-refractivity contribution < 1.29 is 5.11 Å². The van der Waals surface area contributed by atoms with E-state index in [1.165, 1.54) is 4.88 Å². The summed E-state index contributed by atoms with van der Waals surface area (Å²) in [6.07, 6.45) is 2.82. The Morgan fingerprint density at radius 3 is 3.00 bits per heavy atom. The Morgan fingerprint density at radius 2 is 2.50 bits per heavy atom. The van der Waals surface area contributed by atoms with Gasteiger partial charge in [0.05, 0.1) is 6.10 Å². The van der Waals surface area contributed by atoms with Gasteiger partial charge in [0.15, 0.2) is 0 Å². The fourth-order valence-electron chi connectivity index (χ4n) is 0.960. The molecular weight excluding hydrogens is 236 g/mol. The molecule has 0 fully saturated rings. The molecule has 0 aromatic carbocycles. The summed E-state index contributed by atoms with van der Waals surface area (Å²) in [5.41, 5.74) is 0. The number of hydrogen-bond acceptors (Lipinski definition) is 2. The Morgan fingerprint density at radius 1 is 1.75 bits per heavy atom. The Balaban J connectivity index is 2.51. The molecule has 0 spiro atoms. The Labute approximate surface area is 84.9 Å². The molecule has 3 heteroatoms. The van der Waals surface area contributed by atoms with E-state index in [0.29, 0.717) is 12.8 Å². The summed E-state index contributed by atoms with van der Waals surface area (Å²) in [7, 11) is 0. The third-order valence-corrected chi connectivity index (χ3v) is 3.50. The average molecular weight is 247 g/mol. The van der Waals surface area contributed by atoms with E-state index in [9.17, 15) is 5.11 Å². The van der Waals surface area contributed by atoms with Crippen LogP contribution in [0.5, 0.6) is 0 Å². The van der Waals surface area contributed by atoms with Gasteiger partial charge in [-0.05, 0) is 33.8 Å². The molecule has 1 atom stereocenters. The normalized spacial score (nSPS) is 12.8. The van der Waals surface area contributed by atoms with Gasteiger partial charge >= 0.3 is 0 Å². The summed E-state index contributed by atoms with van der Waals surface area (Å²) in [4.78, 5) is 1.20. The third-order valence-electron chi connectivity index (χ3n) is 1.55. The molecule has 0 radical (unpaired) electrons.